The van der Waals surface area contributed by atoms with Gasteiger partial charge in [0.1, 0.15) is 5.70 Å². The number of carbonyl (C=O) groups is 2. The van der Waals surface area contributed by atoms with Gasteiger partial charge in [0.05, 0.1) is 27.4 Å². The summed E-state index contributed by atoms with van der Waals surface area (Å²) >= 11 is 0. The van der Waals surface area contributed by atoms with Gasteiger partial charge in [-0.05, 0) is 42.8 Å². The van der Waals surface area contributed by atoms with E-state index in [-0.39, 0.29) is 17.5 Å². The third kappa shape index (κ3) is 5.18. The van der Waals surface area contributed by atoms with E-state index in [9.17, 15) is 9.59 Å². The second-order valence-corrected chi connectivity index (χ2v) is 6.90. The Morgan fingerprint density at radius 3 is 2.30 bits per heavy atom. The topological polar surface area (TPSA) is 77.1 Å². The predicted octanol–water partition coefficient (Wildman–Crippen LogP) is 2.64. The van der Waals surface area contributed by atoms with Crippen molar-refractivity contribution in [2.45, 2.75) is 6.92 Å². The van der Waals surface area contributed by atoms with Gasteiger partial charge in [-0.3, -0.25) is 9.59 Å². The molecule has 0 aliphatic carbocycles. The summed E-state index contributed by atoms with van der Waals surface area (Å²) < 4.78 is 15.9. The zero-order chi connectivity index (χ0) is 21.5. The summed E-state index contributed by atoms with van der Waals surface area (Å²) in [5, 5.41) is 2.78. The number of morpholine rings is 1. The van der Waals surface area contributed by atoms with Crippen molar-refractivity contribution in [1.29, 1.82) is 0 Å². The summed E-state index contributed by atoms with van der Waals surface area (Å²) in [6, 6.07) is 12.5. The predicted molar refractivity (Wildman–Crippen MR) is 114 cm³/mol. The maximum atomic E-state index is 13.1. The van der Waals surface area contributed by atoms with Gasteiger partial charge in [0.2, 0.25) is 0 Å². The number of rotatable bonds is 6. The van der Waals surface area contributed by atoms with Crippen molar-refractivity contribution >= 4 is 17.9 Å². The molecule has 0 radical (unpaired) electrons. The molecule has 1 saturated heterocycles. The number of hydrogen-bond donors (Lipinski definition) is 1. The largest absolute Gasteiger partial charge is 0.493 e. The van der Waals surface area contributed by atoms with E-state index in [1.165, 1.54) is 0 Å². The standard InChI is InChI=1S/C23H26N2O5/c1-16-4-7-18(8-5-16)22(26)24-19(23(27)25-10-12-30-13-11-25)14-17-6-9-20(28-2)21(15-17)29-3/h4-9,14-15H,10-13H2,1-3H3,(H,24,26)/b19-14+. The number of amides is 2. The Kier molecular flexibility index (Phi) is 7.08. The molecule has 2 aromatic rings. The minimum absolute atomic E-state index is 0.190. The first-order valence-electron chi connectivity index (χ1n) is 9.70. The first kappa shape index (κ1) is 21.4. The average molecular weight is 410 g/mol. The Morgan fingerprint density at radius 2 is 1.67 bits per heavy atom. The van der Waals surface area contributed by atoms with Gasteiger partial charge < -0.3 is 24.4 Å². The fourth-order valence-corrected chi connectivity index (χ4v) is 3.10. The van der Waals surface area contributed by atoms with Crippen molar-refractivity contribution in [1.82, 2.24) is 10.2 Å². The highest BCUT2D eigenvalue weighted by atomic mass is 16.5. The molecule has 7 heteroatoms. The molecule has 0 saturated carbocycles. The van der Waals surface area contributed by atoms with E-state index in [1.54, 1.807) is 55.5 Å². The summed E-state index contributed by atoms with van der Waals surface area (Å²) in [5.41, 5.74) is 2.42. The molecule has 30 heavy (non-hydrogen) atoms. The fraction of sp³-hybridized carbons (Fsp3) is 0.304. The number of aryl methyl sites for hydroxylation is 1. The highest BCUT2D eigenvalue weighted by Gasteiger charge is 2.23. The summed E-state index contributed by atoms with van der Waals surface area (Å²) in [7, 11) is 3.10. The van der Waals surface area contributed by atoms with Gasteiger partial charge in [-0.15, -0.1) is 0 Å². The minimum atomic E-state index is -0.344. The number of benzene rings is 2. The summed E-state index contributed by atoms with van der Waals surface area (Å²) in [4.78, 5) is 27.6. The van der Waals surface area contributed by atoms with Gasteiger partial charge >= 0.3 is 0 Å². The van der Waals surface area contributed by atoms with Crippen LogP contribution < -0.4 is 14.8 Å². The maximum Gasteiger partial charge on any atom is 0.270 e. The smallest absolute Gasteiger partial charge is 0.270 e. The third-order valence-electron chi connectivity index (χ3n) is 4.81. The normalized spacial score (nSPS) is 14.2. The van der Waals surface area contributed by atoms with Gasteiger partial charge in [0.15, 0.2) is 11.5 Å². The van der Waals surface area contributed by atoms with E-state index in [0.29, 0.717) is 48.9 Å². The molecule has 0 spiro atoms. The van der Waals surface area contributed by atoms with Crippen LogP contribution in [-0.4, -0.2) is 57.2 Å². The Balaban J connectivity index is 1.92. The molecule has 1 heterocycles. The Bertz CT molecular complexity index is 931. The van der Waals surface area contributed by atoms with Crippen molar-refractivity contribution < 1.29 is 23.8 Å². The van der Waals surface area contributed by atoms with E-state index in [1.807, 2.05) is 19.1 Å². The third-order valence-corrected chi connectivity index (χ3v) is 4.81. The fourth-order valence-electron chi connectivity index (χ4n) is 3.10. The first-order chi connectivity index (χ1) is 14.5. The molecular formula is C23H26N2O5. The van der Waals surface area contributed by atoms with Crippen LogP contribution in [0, 0.1) is 6.92 Å². The lowest BCUT2D eigenvalue weighted by molar-refractivity contribution is -0.131. The average Bonchev–Trinajstić information content (AvgIpc) is 2.79. The van der Waals surface area contributed by atoms with Gasteiger partial charge in [-0.2, -0.15) is 0 Å². The lowest BCUT2D eigenvalue weighted by atomic mass is 10.1. The minimum Gasteiger partial charge on any atom is -0.493 e. The zero-order valence-electron chi connectivity index (χ0n) is 17.4. The van der Waals surface area contributed by atoms with E-state index < -0.39 is 0 Å². The molecular weight excluding hydrogens is 384 g/mol. The van der Waals surface area contributed by atoms with E-state index in [0.717, 1.165) is 5.56 Å². The molecule has 0 atom stereocenters. The van der Waals surface area contributed by atoms with Crippen LogP contribution in [0.1, 0.15) is 21.5 Å². The van der Waals surface area contributed by atoms with Crippen molar-refractivity contribution in [3.8, 4) is 11.5 Å². The number of hydrogen-bond acceptors (Lipinski definition) is 5. The van der Waals surface area contributed by atoms with Crippen molar-refractivity contribution in [2.24, 2.45) is 0 Å². The second kappa shape index (κ2) is 9.93. The van der Waals surface area contributed by atoms with Crippen LogP contribution in [0.25, 0.3) is 6.08 Å². The molecule has 158 valence electrons. The van der Waals surface area contributed by atoms with E-state index in [4.69, 9.17) is 14.2 Å². The monoisotopic (exact) mass is 410 g/mol. The molecule has 1 N–H and O–H groups in total. The molecule has 0 unspecified atom stereocenters. The molecule has 0 aromatic heterocycles. The lowest BCUT2D eigenvalue weighted by Crippen LogP contribution is -2.44. The molecule has 1 aliphatic heterocycles. The van der Waals surface area contributed by atoms with Gasteiger partial charge in [0, 0.05) is 18.7 Å². The lowest BCUT2D eigenvalue weighted by Gasteiger charge is -2.28. The molecule has 1 fully saturated rings. The summed E-state index contributed by atoms with van der Waals surface area (Å²) in [6.07, 6.45) is 1.64. The van der Waals surface area contributed by atoms with Crippen molar-refractivity contribution in [2.75, 3.05) is 40.5 Å². The van der Waals surface area contributed by atoms with E-state index in [2.05, 4.69) is 5.32 Å². The van der Waals surface area contributed by atoms with Crippen LogP contribution >= 0.6 is 0 Å². The maximum absolute atomic E-state index is 13.1. The molecule has 7 nitrogen and oxygen atoms in total. The van der Waals surface area contributed by atoms with Gasteiger partial charge in [0.25, 0.3) is 11.8 Å². The molecule has 0 bridgehead atoms. The Morgan fingerprint density at radius 1 is 1.00 bits per heavy atom. The van der Waals surface area contributed by atoms with Crippen LogP contribution in [0.4, 0.5) is 0 Å². The first-order valence-corrected chi connectivity index (χ1v) is 9.70. The zero-order valence-corrected chi connectivity index (χ0v) is 17.4. The van der Waals surface area contributed by atoms with Gasteiger partial charge in [-0.25, -0.2) is 0 Å². The molecule has 1 aliphatic rings. The Hall–Kier alpha value is -3.32. The quantitative estimate of drug-likeness (QED) is 0.741. The summed E-state index contributed by atoms with van der Waals surface area (Å²) in [6.45, 7) is 3.85. The van der Waals surface area contributed by atoms with Crippen LogP contribution in [0.3, 0.4) is 0 Å². The number of ether oxygens (including phenoxy) is 3. The van der Waals surface area contributed by atoms with Gasteiger partial charge in [-0.1, -0.05) is 23.8 Å². The van der Waals surface area contributed by atoms with E-state index >= 15 is 0 Å². The SMILES string of the molecule is COc1ccc(/C=C(/NC(=O)c2ccc(C)cc2)C(=O)N2CCOCC2)cc1OC. The molecule has 2 aromatic carbocycles. The van der Waals surface area contributed by atoms with Crippen LogP contribution in [0.15, 0.2) is 48.2 Å². The second-order valence-electron chi connectivity index (χ2n) is 6.90. The number of carbonyl (C=O) groups excluding carboxylic acids is 2. The van der Waals surface area contributed by atoms with Crippen LogP contribution in [0.5, 0.6) is 11.5 Å². The number of nitrogens with zero attached hydrogens (tertiary/aromatic N) is 1. The highest BCUT2D eigenvalue weighted by molar-refractivity contribution is 6.05. The highest BCUT2D eigenvalue weighted by Crippen LogP contribution is 2.28. The van der Waals surface area contributed by atoms with Crippen LogP contribution in [0.2, 0.25) is 0 Å². The molecule has 2 amide bonds. The Labute approximate surface area is 176 Å². The van der Waals surface area contributed by atoms with Crippen LogP contribution in [-0.2, 0) is 9.53 Å². The number of nitrogens with one attached hydrogen (secondary N) is 1. The molecule has 3 rings (SSSR count). The van der Waals surface area contributed by atoms with Crippen molar-refractivity contribution in [3.63, 3.8) is 0 Å². The van der Waals surface area contributed by atoms with Crippen molar-refractivity contribution in [3.05, 3.63) is 64.9 Å². The number of methoxy groups -OCH3 is 2. The summed E-state index contributed by atoms with van der Waals surface area (Å²) in [5.74, 6) is 0.519.